The summed E-state index contributed by atoms with van der Waals surface area (Å²) in [6.45, 7) is 4.24. The first-order chi connectivity index (χ1) is 20.2. The van der Waals surface area contributed by atoms with Gasteiger partial charge in [-0.15, -0.1) is 0 Å². The minimum absolute atomic E-state index is 0.164. The van der Waals surface area contributed by atoms with Gasteiger partial charge in [0.25, 0.3) is 0 Å². The van der Waals surface area contributed by atoms with Crippen molar-refractivity contribution in [2.75, 3.05) is 23.7 Å². The third kappa shape index (κ3) is 7.76. The van der Waals surface area contributed by atoms with E-state index in [4.69, 9.17) is 0 Å². The van der Waals surface area contributed by atoms with Gasteiger partial charge < -0.3 is 10.2 Å². The number of unbranched alkanes of at least 4 members (excludes halogenated alkanes) is 1. The standard InChI is InChI=1S/C34H39N3O4S/c1-4-5-22-35-34(39)32(23-27-15-7-6-8-16-27)36(24-29-18-10-9-14-26(29)2)33(38)25-37(42(3,40)41)31-21-13-19-28-17-11-12-20-30(28)31/h6-21,32H,4-5,22-25H2,1-3H3,(H,35,39)/t32-/m1/s1. The van der Waals surface area contributed by atoms with E-state index in [0.29, 0.717) is 18.7 Å². The maximum atomic E-state index is 14.3. The lowest BCUT2D eigenvalue weighted by molar-refractivity contribution is -0.140. The van der Waals surface area contributed by atoms with Crippen LogP contribution in [0.2, 0.25) is 0 Å². The van der Waals surface area contributed by atoms with Crippen molar-refractivity contribution in [2.45, 2.75) is 45.7 Å². The second-order valence-electron chi connectivity index (χ2n) is 10.6. The van der Waals surface area contributed by atoms with E-state index in [2.05, 4.69) is 12.2 Å². The molecule has 220 valence electrons. The first kappa shape index (κ1) is 30.8. The summed E-state index contributed by atoms with van der Waals surface area (Å²) in [6, 6.07) is 29.3. The highest BCUT2D eigenvalue weighted by Gasteiger charge is 2.33. The quantitative estimate of drug-likeness (QED) is 0.211. The molecule has 0 saturated carbocycles. The molecule has 0 aliphatic heterocycles. The Hall–Kier alpha value is -4.17. The smallest absolute Gasteiger partial charge is 0.244 e. The summed E-state index contributed by atoms with van der Waals surface area (Å²) in [4.78, 5) is 29.6. The van der Waals surface area contributed by atoms with E-state index in [-0.39, 0.29) is 12.5 Å². The summed E-state index contributed by atoms with van der Waals surface area (Å²) >= 11 is 0. The first-order valence-corrected chi connectivity index (χ1v) is 16.1. The van der Waals surface area contributed by atoms with E-state index >= 15 is 0 Å². The zero-order valence-electron chi connectivity index (χ0n) is 24.5. The van der Waals surface area contributed by atoms with Crippen LogP contribution in [0.5, 0.6) is 0 Å². The van der Waals surface area contributed by atoms with Gasteiger partial charge in [-0.3, -0.25) is 13.9 Å². The van der Waals surface area contributed by atoms with Crippen LogP contribution in [0.3, 0.4) is 0 Å². The number of anilines is 1. The molecule has 0 radical (unpaired) electrons. The highest BCUT2D eigenvalue weighted by atomic mass is 32.2. The van der Waals surface area contributed by atoms with Crippen molar-refractivity contribution >= 4 is 38.3 Å². The largest absolute Gasteiger partial charge is 0.354 e. The van der Waals surface area contributed by atoms with Gasteiger partial charge in [0, 0.05) is 24.9 Å². The van der Waals surface area contributed by atoms with Gasteiger partial charge in [0.2, 0.25) is 21.8 Å². The Morgan fingerprint density at radius 1 is 0.857 bits per heavy atom. The normalized spacial score (nSPS) is 12.1. The number of rotatable bonds is 13. The van der Waals surface area contributed by atoms with Gasteiger partial charge in [-0.2, -0.15) is 0 Å². The fourth-order valence-electron chi connectivity index (χ4n) is 5.05. The number of benzene rings is 4. The van der Waals surface area contributed by atoms with E-state index in [9.17, 15) is 18.0 Å². The molecule has 0 unspecified atom stereocenters. The van der Waals surface area contributed by atoms with Gasteiger partial charge in [0.05, 0.1) is 11.9 Å². The van der Waals surface area contributed by atoms with Crippen molar-refractivity contribution in [3.8, 4) is 0 Å². The number of fused-ring (bicyclic) bond motifs is 1. The summed E-state index contributed by atoms with van der Waals surface area (Å²) in [5.74, 6) is -0.714. The van der Waals surface area contributed by atoms with E-state index in [0.717, 1.165) is 50.9 Å². The van der Waals surface area contributed by atoms with Crippen LogP contribution in [0.4, 0.5) is 5.69 Å². The Kier molecular flexibility index (Phi) is 10.4. The molecular formula is C34H39N3O4S. The predicted octanol–water partition coefficient (Wildman–Crippen LogP) is 5.47. The molecule has 1 N–H and O–H groups in total. The van der Waals surface area contributed by atoms with E-state index < -0.39 is 28.5 Å². The van der Waals surface area contributed by atoms with Crippen LogP contribution in [-0.2, 0) is 32.6 Å². The zero-order valence-corrected chi connectivity index (χ0v) is 25.3. The first-order valence-electron chi connectivity index (χ1n) is 14.3. The van der Waals surface area contributed by atoms with Gasteiger partial charge in [-0.05, 0) is 41.5 Å². The average molecular weight is 586 g/mol. The summed E-state index contributed by atoms with van der Waals surface area (Å²) in [6.07, 6.45) is 3.14. The number of carbonyl (C=O) groups is 2. The van der Waals surface area contributed by atoms with Crippen LogP contribution >= 0.6 is 0 Å². The summed E-state index contributed by atoms with van der Waals surface area (Å²) in [7, 11) is -3.86. The fourth-order valence-corrected chi connectivity index (χ4v) is 5.91. The maximum Gasteiger partial charge on any atom is 0.244 e. The van der Waals surface area contributed by atoms with Gasteiger partial charge in [-0.25, -0.2) is 8.42 Å². The molecule has 0 spiro atoms. The molecule has 0 bridgehead atoms. The van der Waals surface area contributed by atoms with Crippen molar-refractivity contribution in [2.24, 2.45) is 0 Å². The Morgan fingerprint density at radius 2 is 1.52 bits per heavy atom. The third-order valence-corrected chi connectivity index (χ3v) is 8.54. The zero-order chi connectivity index (χ0) is 30.1. The lowest BCUT2D eigenvalue weighted by atomic mass is 10.0. The molecule has 4 aromatic rings. The summed E-state index contributed by atoms with van der Waals surface area (Å²) in [5, 5.41) is 4.60. The minimum atomic E-state index is -3.86. The average Bonchev–Trinajstić information content (AvgIpc) is 2.98. The number of nitrogens with zero attached hydrogens (tertiary/aromatic N) is 2. The number of nitrogens with one attached hydrogen (secondary N) is 1. The molecule has 0 aliphatic carbocycles. The lowest BCUT2D eigenvalue weighted by Gasteiger charge is -2.34. The molecule has 0 saturated heterocycles. The number of aryl methyl sites for hydroxylation is 1. The lowest BCUT2D eigenvalue weighted by Crippen LogP contribution is -2.53. The number of amides is 2. The summed E-state index contributed by atoms with van der Waals surface area (Å²) in [5.41, 5.74) is 3.20. The van der Waals surface area contributed by atoms with Gasteiger partial charge >= 0.3 is 0 Å². The van der Waals surface area contributed by atoms with Crippen LogP contribution in [0.25, 0.3) is 10.8 Å². The molecule has 0 aromatic heterocycles. The molecular weight excluding hydrogens is 546 g/mol. The van der Waals surface area contributed by atoms with Crippen LogP contribution in [0, 0.1) is 6.92 Å². The highest BCUT2D eigenvalue weighted by molar-refractivity contribution is 7.92. The molecule has 1 atom stereocenters. The molecule has 0 aliphatic rings. The van der Waals surface area contributed by atoms with E-state index in [1.807, 2.05) is 91.9 Å². The molecule has 0 fully saturated rings. The molecule has 8 heteroatoms. The Bertz CT molecular complexity index is 1620. The monoisotopic (exact) mass is 585 g/mol. The van der Waals surface area contributed by atoms with Gasteiger partial charge in [0.1, 0.15) is 12.6 Å². The Morgan fingerprint density at radius 3 is 2.24 bits per heavy atom. The van der Waals surface area contributed by atoms with Crippen LogP contribution in [0.1, 0.15) is 36.5 Å². The molecule has 7 nitrogen and oxygen atoms in total. The fraction of sp³-hybridized carbons (Fsp3) is 0.294. The summed E-state index contributed by atoms with van der Waals surface area (Å²) < 4.78 is 27.5. The number of hydrogen-bond donors (Lipinski definition) is 1. The third-order valence-electron chi connectivity index (χ3n) is 7.42. The van der Waals surface area contributed by atoms with Crippen LogP contribution in [0.15, 0.2) is 97.1 Å². The van der Waals surface area contributed by atoms with Crippen molar-refractivity contribution in [3.05, 3.63) is 114 Å². The molecule has 42 heavy (non-hydrogen) atoms. The second kappa shape index (κ2) is 14.1. The molecule has 2 amide bonds. The van der Waals surface area contributed by atoms with Crippen molar-refractivity contribution in [1.29, 1.82) is 0 Å². The second-order valence-corrected chi connectivity index (χ2v) is 12.5. The topological polar surface area (TPSA) is 86.8 Å². The Labute approximate surface area is 249 Å². The Balaban J connectivity index is 1.77. The van der Waals surface area contributed by atoms with Crippen molar-refractivity contribution in [3.63, 3.8) is 0 Å². The predicted molar refractivity (Wildman–Crippen MR) is 170 cm³/mol. The van der Waals surface area contributed by atoms with Gasteiger partial charge in [-0.1, -0.05) is 104 Å². The minimum Gasteiger partial charge on any atom is -0.354 e. The maximum absolute atomic E-state index is 14.3. The van der Waals surface area contributed by atoms with Crippen molar-refractivity contribution in [1.82, 2.24) is 10.2 Å². The number of carbonyl (C=O) groups excluding carboxylic acids is 2. The van der Waals surface area contributed by atoms with Gasteiger partial charge in [0.15, 0.2) is 0 Å². The number of sulfonamides is 1. The van der Waals surface area contributed by atoms with Crippen LogP contribution < -0.4 is 9.62 Å². The van der Waals surface area contributed by atoms with E-state index in [1.54, 1.807) is 17.0 Å². The SMILES string of the molecule is CCCCNC(=O)[C@@H](Cc1ccccc1)N(Cc1ccccc1C)C(=O)CN(c1cccc2ccccc12)S(C)(=O)=O. The van der Waals surface area contributed by atoms with Crippen LogP contribution in [-0.4, -0.2) is 50.5 Å². The molecule has 4 aromatic carbocycles. The highest BCUT2D eigenvalue weighted by Crippen LogP contribution is 2.29. The molecule has 0 heterocycles. The number of hydrogen-bond acceptors (Lipinski definition) is 4. The van der Waals surface area contributed by atoms with E-state index in [1.165, 1.54) is 0 Å². The van der Waals surface area contributed by atoms with Crippen molar-refractivity contribution < 1.29 is 18.0 Å². The molecule has 4 rings (SSSR count).